The molecule has 0 amide bonds. The van der Waals surface area contributed by atoms with E-state index < -0.39 is 9.85 Å². The number of benzene rings is 2. The molecule has 0 aliphatic carbocycles. The molecule has 2 aromatic rings. The van der Waals surface area contributed by atoms with Gasteiger partial charge >= 0.3 is 0 Å². The predicted molar refractivity (Wildman–Crippen MR) is 103 cm³/mol. The van der Waals surface area contributed by atoms with Crippen LogP contribution in [0.15, 0.2) is 24.3 Å². The lowest BCUT2D eigenvalue weighted by atomic mass is 10.2. The number of nitro benzene ring substituents is 2. The zero-order valence-corrected chi connectivity index (χ0v) is 15.8. The first-order valence-corrected chi connectivity index (χ1v) is 8.46. The van der Waals surface area contributed by atoms with E-state index in [2.05, 4.69) is 10.6 Å². The third-order valence-corrected chi connectivity index (χ3v) is 4.67. The van der Waals surface area contributed by atoms with Gasteiger partial charge in [-0.3, -0.25) is 20.2 Å². The minimum absolute atomic E-state index is 0.0634. The second kappa shape index (κ2) is 8.59. The van der Waals surface area contributed by atoms with Crippen LogP contribution < -0.4 is 10.6 Å². The van der Waals surface area contributed by atoms with Crippen LogP contribution in [0.3, 0.4) is 0 Å². The van der Waals surface area contributed by atoms with Crippen LogP contribution in [0.25, 0.3) is 0 Å². The summed E-state index contributed by atoms with van der Waals surface area (Å²) >= 11 is 23.3. The van der Waals surface area contributed by atoms with Gasteiger partial charge < -0.3 is 10.6 Å². The van der Waals surface area contributed by atoms with Crippen molar-refractivity contribution in [2.24, 2.45) is 0 Å². The van der Waals surface area contributed by atoms with Crippen molar-refractivity contribution >= 4 is 69.2 Å². The van der Waals surface area contributed by atoms with E-state index in [1.54, 1.807) is 0 Å². The summed E-state index contributed by atoms with van der Waals surface area (Å²) in [5.41, 5.74) is -0.121. The lowest BCUT2D eigenvalue weighted by Crippen LogP contribution is -2.15. The number of halogens is 4. The minimum Gasteiger partial charge on any atom is -0.378 e. The topological polar surface area (TPSA) is 110 Å². The summed E-state index contributed by atoms with van der Waals surface area (Å²) in [7, 11) is 0. The first-order chi connectivity index (χ1) is 12.2. The third-order valence-electron chi connectivity index (χ3n) is 3.23. The summed E-state index contributed by atoms with van der Waals surface area (Å²) < 4.78 is 0. The Kier molecular flexibility index (Phi) is 6.71. The van der Waals surface area contributed by atoms with E-state index in [-0.39, 0.29) is 55.9 Å². The molecule has 2 N–H and O–H groups in total. The molecule has 0 saturated carbocycles. The van der Waals surface area contributed by atoms with E-state index in [4.69, 9.17) is 46.4 Å². The first-order valence-electron chi connectivity index (χ1n) is 6.95. The quantitative estimate of drug-likeness (QED) is 0.328. The van der Waals surface area contributed by atoms with E-state index in [1.807, 2.05) is 0 Å². The highest BCUT2D eigenvalue weighted by Gasteiger charge is 2.18. The summed E-state index contributed by atoms with van der Waals surface area (Å²) in [6, 6.07) is 4.96. The Hall–Kier alpha value is -2.00. The molecule has 0 aromatic heterocycles. The van der Waals surface area contributed by atoms with Crippen molar-refractivity contribution in [1.29, 1.82) is 0 Å². The summed E-state index contributed by atoms with van der Waals surface area (Å²) in [5, 5.41) is 28.3. The van der Waals surface area contributed by atoms with Crippen LogP contribution in [0.5, 0.6) is 0 Å². The Bertz CT molecular complexity index is 807. The smallest absolute Gasteiger partial charge is 0.293 e. The monoisotopic (exact) mass is 438 g/mol. The Labute approximate surface area is 167 Å². The highest BCUT2D eigenvalue weighted by atomic mass is 35.5. The maximum atomic E-state index is 11.1. The first kappa shape index (κ1) is 20.3. The molecule has 2 rings (SSSR count). The molecule has 0 unspecified atom stereocenters. The van der Waals surface area contributed by atoms with E-state index in [0.29, 0.717) is 0 Å². The number of anilines is 2. The molecular formula is C14H10Cl4N4O4. The number of nitro groups is 2. The molecule has 0 saturated heterocycles. The van der Waals surface area contributed by atoms with Crippen LogP contribution >= 0.6 is 46.4 Å². The fraction of sp³-hybridized carbons (Fsp3) is 0.143. The van der Waals surface area contributed by atoms with Crippen molar-refractivity contribution < 1.29 is 9.85 Å². The summed E-state index contributed by atoms with van der Waals surface area (Å²) in [4.78, 5) is 21.0. The molecule has 12 heteroatoms. The molecule has 0 bridgehead atoms. The number of rotatable bonds is 7. The SMILES string of the molecule is O=[N+]([O-])c1cc(Cl)c(Cl)cc1NCCNc1cc(Cl)c(Cl)cc1[N+](=O)[O-]. The van der Waals surface area contributed by atoms with E-state index in [1.165, 1.54) is 12.1 Å². The van der Waals surface area contributed by atoms with Crippen LogP contribution in [0, 0.1) is 20.2 Å². The van der Waals surface area contributed by atoms with Crippen LogP contribution in [0.2, 0.25) is 20.1 Å². The van der Waals surface area contributed by atoms with Crippen LogP contribution in [-0.2, 0) is 0 Å². The van der Waals surface area contributed by atoms with Gasteiger partial charge in [-0.2, -0.15) is 0 Å². The van der Waals surface area contributed by atoms with Gasteiger partial charge in [-0.25, -0.2) is 0 Å². The van der Waals surface area contributed by atoms with Crippen molar-refractivity contribution in [3.63, 3.8) is 0 Å². The summed E-state index contributed by atoms with van der Waals surface area (Å²) in [6.07, 6.45) is 0. The Morgan fingerprint density at radius 3 is 1.31 bits per heavy atom. The lowest BCUT2D eigenvalue weighted by Gasteiger charge is -2.11. The van der Waals surface area contributed by atoms with Crippen molar-refractivity contribution in [2.75, 3.05) is 23.7 Å². The summed E-state index contributed by atoms with van der Waals surface area (Å²) in [6.45, 7) is 0.409. The zero-order chi connectivity index (χ0) is 19.4. The van der Waals surface area contributed by atoms with E-state index in [9.17, 15) is 20.2 Å². The second-order valence-electron chi connectivity index (χ2n) is 4.93. The standard InChI is InChI=1S/C14H10Cl4N4O4/c15-7-3-11(13(21(23)24)5-9(7)17)19-1-2-20-12-4-8(16)10(18)6-14(12)22(25)26/h3-6,19-20H,1-2H2. The Balaban J connectivity index is 2.08. The average Bonchev–Trinajstić information content (AvgIpc) is 2.56. The lowest BCUT2D eigenvalue weighted by molar-refractivity contribution is -0.384. The van der Waals surface area contributed by atoms with Crippen LogP contribution in [0.4, 0.5) is 22.7 Å². The average molecular weight is 440 g/mol. The van der Waals surface area contributed by atoms with Gasteiger partial charge in [0.2, 0.25) is 0 Å². The molecular weight excluding hydrogens is 430 g/mol. The van der Waals surface area contributed by atoms with Gasteiger partial charge in [-0.05, 0) is 12.1 Å². The highest BCUT2D eigenvalue weighted by molar-refractivity contribution is 6.43. The highest BCUT2D eigenvalue weighted by Crippen LogP contribution is 2.35. The predicted octanol–water partition coefficient (Wildman–Crippen LogP) is 5.64. The van der Waals surface area contributed by atoms with E-state index >= 15 is 0 Å². The molecule has 0 heterocycles. The number of nitrogens with zero attached hydrogens (tertiary/aromatic N) is 2. The fourth-order valence-corrected chi connectivity index (χ4v) is 2.70. The Morgan fingerprint density at radius 2 is 1.00 bits per heavy atom. The molecule has 0 aliphatic heterocycles. The van der Waals surface area contributed by atoms with Crippen molar-refractivity contribution in [1.82, 2.24) is 0 Å². The number of hydrogen-bond acceptors (Lipinski definition) is 6. The van der Waals surface area contributed by atoms with Gasteiger partial charge in [-0.15, -0.1) is 0 Å². The van der Waals surface area contributed by atoms with Gasteiger partial charge in [0.1, 0.15) is 11.4 Å². The van der Waals surface area contributed by atoms with Crippen molar-refractivity contribution in [2.45, 2.75) is 0 Å². The largest absolute Gasteiger partial charge is 0.378 e. The zero-order valence-electron chi connectivity index (χ0n) is 12.8. The van der Waals surface area contributed by atoms with Gasteiger partial charge in [0.05, 0.1) is 29.9 Å². The Morgan fingerprint density at radius 1 is 0.692 bits per heavy atom. The van der Waals surface area contributed by atoms with Crippen LogP contribution in [-0.4, -0.2) is 22.9 Å². The summed E-state index contributed by atoms with van der Waals surface area (Å²) in [5.74, 6) is 0. The second-order valence-corrected chi connectivity index (χ2v) is 6.56. The molecule has 0 spiro atoms. The molecule has 26 heavy (non-hydrogen) atoms. The van der Waals surface area contributed by atoms with Crippen LogP contribution in [0.1, 0.15) is 0 Å². The molecule has 0 radical (unpaired) electrons. The maximum Gasteiger partial charge on any atom is 0.293 e. The molecule has 0 atom stereocenters. The molecule has 0 fully saturated rings. The van der Waals surface area contributed by atoms with Gasteiger partial charge in [0, 0.05) is 25.2 Å². The number of nitrogens with one attached hydrogen (secondary N) is 2. The number of hydrogen-bond donors (Lipinski definition) is 2. The normalized spacial score (nSPS) is 10.5. The van der Waals surface area contributed by atoms with Crippen molar-refractivity contribution in [3.8, 4) is 0 Å². The van der Waals surface area contributed by atoms with Gasteiger partial charge in [0.25, 0.3) is 11.4 Å². The maximum absolute atomic E-state index is 11.1. The molecule has 8 nitrogen and oxygen atoms in total. The molecule has 0 aliphatic rings. The van der Waals surface area contributed by atoms with E-state index in [0.717, 1.165) is 12.1 Å². The molecule has 2 aromatic carbocycles. The molecule has 138 valence electrons. The fourth-order valence-electron chi connectivity index (χ4n) is 2.05. The van der Waals surface area contributed by atoms with Gasteiger partial charge in [-0.1, -0.05) is 46.4 Å². The third kappa shape index (κ3) is 4.79. The van der Waals surface area contributed by atoms with Gasteiger partial charge in [0.15, 0.2) is 0 Å². The van der Waals surface area contributed by atoms with Crippen molar-refractivity contribution in [3.05, 3.63) is 64.6 Å². The minimum atomic E-state index is -0.595.